The van der Waals surface area contributed by atoms with Crippen LogP contribution in [0.5, 0.6) is 0 Å². The second kappa shape index (κ2) is 12.0. The summed E-state index contributed by atoms with van der Waals surface area (Å²) in [7, 11) is -3.73. The molecule has 0 aliphatic rings. The fourth-order valence-corrected chi connectivity index (χ4v) is 4.34. The number of carbonyl (C=O) groups is 2. The van der Waals surface area contributed by atoms with Gasteiger partial charge in [-0.2, -0.15) is 0 Å². The van der Waals surface area contributed by atoms with E-state index in [1.54, 1.807) is 19.1 Å². The van der Waals surface area contributed by atoms with Crippen molar-refractivity contribution in [1.29, 1.82) is 0 Å². The first-order chi connectivity index (χ1) is 15.9. The predicted octanol–water partition coefficient (Wildman–Crippen LogP) is 3.71. The van der Waals surface area contributed by atoms with Crippen molar-refractivity contribution in [3.63, 3.8) is 0 Å². The molecule has 1 N–H and O–H groups in total. The Morgan fingerprint density at radius 3 is 2.21 bits per heavy atom. The Balaban J connectivity index is 2.35. The maximum absolute atomic E-state index is 13.5. The molecule has 0 aromatic heterocycles. The Labute approximate surface area is 204 Å². The molecule has 7 nitrogen and oxygen atoms in total. The van der Waals surface area contributed by atoms with E-state index in [0.717, 1.165) is 45.7 Å². The van der Waals surface area contributed by atoms with Crippen molar-refractivity contribution in [2.75, 3.05) is 23.7 Å². The minimum atomic E-state index is -3.73. The lowest BCUT2D eigenvalue weighted by molar-refractivity contribution is -0.139. The first-order valence-electron chi connectivity index (χ1n) is 11.6. The van der Waals surface area contributed by atoms with Crippen LogP contribution >= 0.6 is 0 Å². The molecule has 0 saturated carbocycles. The lowest BCUT2D eigenvalue weighted by Crippen LogP contribution is -2.51. The van der Waals surface area contributed by atoms with Crippen LogP contribution in [0.1, 0.15) is 48.9 Å². The van der Waals surface area contributed by atoms with E-state index in [4.69, 9.17) is 0 Å². The second-order valence-electron chi connectivity index (χ2n) is 8.87. The number of nitrogens with one attached hydrogen (secondary N) is 1. The summed E-state index contributed by atoms with van der Waals surface area (Å²) < 4.78 is 26.4. The van der Waals surface area contributed by atoms with Gasteiger partial charge in [0, 0.05) is 13.1 Å². The average molecular weight is 488 g/mol. The smallest absolute Gasteiger partial charge is 0.244 e. The van der Waals surface area contributed by atoms with Gasteiger partial charge in [0.1, 0.15) is 12.6 Å². The third kappa shape index (κ3) is 7.58. The molecular weight excluding hydrogens is 450 g/mol. The van der Waals surface area contributed by atoms with Gasteiger partial charge in [-0.25, -0.2) is 8.42 Å². The van der Waals surface area contributed by atoms with Crippen molar-refractivity contribution in [3.8, 4) is 0 Å². The summed E-state index contributed by atoms with van der Waals surface area (Å²) in [6.45, 7) is 9.87. The van der Waals surface area contributed by atoms with Gasteiger partial charge in [0.05, 0.1) is 11.9 Å². The van der Waals surface area contributed by atoms with Crippen LogP contribution in [0.2, 0.25) is 0 Å². The first kappa shape index (κ1) is 27.4. The van der Waals surface area contributed by atoms with E-state index >= 15 is 0 Å². The molecule has 2 rings (SSSR count). The third-order valence-electron chi connectivity index (χ3n) is 5.93. The monoisotopic (exact) mass is 487 g/mol. The van der Waals surface area contributed by atoms with Crippen LogP contribution in [0.4, 0.5) is 5.69 Å². The molecule has 0 fully saturated rings. The van der Waals surface area contributed by atoms with E-state index in [-0.39, 0.29) is 19.0 Å². The average Bonchev–Trinajstić information content (AvgIpc) is 2.77. The quantitative estimate of drug-likeness (QED) is 0.490. The molecule has 34 heavy (non-hydrogen) atoms. The van der Waals surface area contributed by atoms with Crippen molar-refractivity contribution in [2.45, 2.75) is 60.0 Å². The number of hydrogen-bond donors (Lipinski definition) is 1. The summed E-state index contributed by atoms with van der Waals surface area (Å²) in [5.41, 5.74) is 4.34. The zero-order valence-electron chi connectivity index (χ0n) is 21.1. The van der Waals surface area contributed by atoms with Crippen LogP contribution in [0.25, 0.3) is 0 Å². The van der Waals surface area contributed by atoms with Crippen molar-refractivity contribution < 1.29 is 18.0 Å². The Morgan fingerprint density at radius 1 is 1.00 bits per heavy atom. The molecule has 2 aromatic carbocycles. The van der Waals surface area contributed by atoms with Gasteiger partial charge >= 0.3 is 0 Å². The zero-order valence-corrected chi connectivity index (χ0v) is 21.9. The molecule has 186 valence electrons. The van der Waals surface area contributed by atoms with Gasteiger partial charge in [0.15, 0.2) is 0 Å². The molecule has 2 aromatic rings. The van der Waals surface area contributed by atoms with Gasteiger partial charge in [-0.3, -0.25) is 13.9 Å². The van der Waals surface area contributed by atoms with Gasteiger partial charge < -0.3 is 10.2 Å². The largest absolute Gasteiger partial charge is 0.354 e. The number of carbonyl (C=O) groups excluding carboxylic acids is 2. The van der Waals surface area contributed by atoms with Gasteiger partial charge in [-0.05, 0) is 62.9 Å². The maximum Gasteiger partial charge on any atom is 0.244 e. The molecule has 0 spiro atoms. The lowest BCUT2D eigenvalue weighted by atomic mass is 10.1. The van der Waals surface area contributed by atoms with Gasteiger partial charge in [-0.1, -0.05) is 49.2 Å². The minimum absolute atomic E-state index is 0.200. The van der Waals surface area contributed by atoms with E-state index in [9.17, 15) is 18.0 Å². The SMILES string of the molecule is CCCCNC(=O)C(C)N(Cc1ccc(C)cc1)C(=O)CN(c1ccc(C)c(C)c1)S(C)(=O)=O. The van der Waals surface area contributed by atoms with E-state index in [0.29, 0.717) is 12.2 Å². The number of anilines is 1. The van der Waals surface area contributed by atoms with Crippen molar-refractivity contribution in [3.05, 3.63) is 64.7 Å². The van der Waals surface area contributed by atoms with Crippen molar-refractivity contribution in [1.82, 2.24) is 10.2 Å². The molecule has 2 amide bonds. The van der Waals surface area contributed by atoms with Gasteiger partial charge in [0.25, 0.3) is 0 Å². The van der Waals surface area contributed by atoms with Gasteiger partial charge in [-0.15, -0.1) is 0 Å². The topological polar surface area (TPSA) is 86.8 Å². The van der Waals surface area contributed by atoms with Crippen LogP contribution in [0, 0.1) is 20.8 Å². The van der Waals surface area contributed by atoms with Crippen LogP contribution < -0.4 is 9.62 Å². The summed E-state index contributed by atoms with van der Waals surface area (Å²) in [4.78, 5) is 27.8. The number of sulfonamides is 1. The minimum Gasteiger partial charge on any atom is -0.354 e. The Bertz CT molecular complexity index is 1100. The molecule has 0 aliphatic carbocycles. The van der Waals surface area contributed by atoms with Crippen LogP contribution in [-0.4, -0.2) is 50.5 Å². The van der Waals surface area contributed by atoms with E-state index in [1.807, 2.05) is 58.0 Å². The second-order valence-corrected chi connectivity index (χ2v) is 10.8. The molecule has 1 unspecified atom stereocenters. The van der Waals surface area contributed by atoms with Crippen molar-refractivity contribution >= 4 is 27.5 Å². The highest BCUT2D eigenvalue weighted by Gasteiger charge is 2.30. The molecule has 0 bridgehead atoms. The number of unbranched alkanes of at least 4 members (excludes halogenated alkanes) is 1. The number of hydrogen-bond acceptors (Lipinski definition) is 4. The van der Waals surface area contributed by atoms with Crippen LogP contribution in [0.3, 0.4) is 0 Å². The third-order valence-corrected chi connectivity index (χ3v) is 7.07. The standard InChI is InChI=1S/C26H37N3O4S/c1-7-8-15-27-26(31)22(5)28(17-23-12-9-19(2)10-13-23)25(30)18-29(34(6,32)33)24-14-11-20(3)21(4)16-24/h9-14,16,22H,7-8,15,17-18H2,1-6H3,(H,27,31). The molecule has 1 atom stereocenters. The summed E-state index contributed by atoms with van der Waals surface area (Å²) in [5, 5.41) is 2.88. The fraction of sp³-hybridized carbons (Fsp3) is 0.462. The predicted molar refractivity (Wildman–Crippen MR) is 137 cm³/mol. The molecule has 0 heterocycles. The van der Waals surface area contributed by atoms with Crippen LogP contribution in [-0.2, 0) is 26.2 Å². The highest BCUT2D eigenvalue weighted by Crippen LogP contribution is 2.22. The zero-order chi connectivity index (χ0) is 25.5. The van der Waals surface area contributed by atoms with E-state index in [1.165, 1.54) is 4.90 Å². The Morgan fingerprint density at radius 2 is 1.65 bits per heavy atom. The Hall–Kier alpha value is -2.87. The summed E-state index contributed by atoms with van der Waals surface area (Å²) in [6.07, 6.45) is 2.87. The highest BCUT2D eigenvalue weighted by molar-refractivity contribution is 7.92. The number of aryl methyl sites for hydroxylation is 3. The van der Waals surface area contributed by atoms with Crippen molar-refractivity contribution in [2.24, 2.45) is 0 Å². The molecule has 0 saturated heterocycles. The molecule has 8 heteroatoms. The molecular formula is C26H37N3O4S. The normalized spacial score (nSPS) is 12.2. The molecule has 0 aliphatic heterocycles. The van der Waals surface area contributed by atoms with Crippen LogP contribution in [0.15, 0.2) is 42.5 Å². The maximum atomic E-state index is 13.5. The van der Waals surface area contributed by atoms with Gasteiger partial charge in [0.2, 0.25) is 21.8 Å². The molecule has 0 radical (unpaired) electrons. The summed E-state index contributed by atoms with van der Waals surface area (Å²) >= 11 is 0. The number of rotatable bonds is 11. The number of benzene rings is 2. The lowest BCUT2D eigenvalue weighted by Gasteiger charge is -2.31. The number of amides is 2. The van der Waals surface area contributed by atoms with E-state index < -0.39 is 22.0 Å². The summed E-state index contributed by atoms with van der Waals surface area (Å²) in [5.74, 6) is -0.701. The first-order valence-corrected chi connectivity index (χ1v) is 13.5. The highest BCUT2D eigenvalue weighted by atomic mass is 32.2. The fourth-order valence-electron chi connectivity index (χ4n) is 3.50. The summed E-state index contributed by atoms with van der Waals surface area (Å²) in [6, 6.07) is 12.2. The number of nitrogens with zero attached hydrogens (tertiary/aromatic N) is 2. The Kier molecular flexibility index (Phi) is 9.67. The van der Waals surface area contributed by atoms with E-state index in [2.05, 4.69) is 5.32 Å².